The van der Waals surface area contributed by atoms with E-state index in [4.69, 9.17) is 0 Å². The first-order valence-electron chi connectivity index (χ1n) is 8.26. The predicted octanol–water partition coefficient (Wildman–Crippen LogP) is 3.21. The van der Waals surface area contributed by atoms with Crippen LogP contribution in [0.5, 0.6) is 0 Å². The molecule has 3 nitrogen and oxygen atoms in total. The summed E-state index contributed by atoms with van der Waals surface area (Å²) in [6, 6.07) is 16.3. The van der Waals surface area contributed by atoms with E-state index < -0.39 is 0 Å². The van der Waals surface area contributed by atoms with Gasteiger partial charge in [-0.15, -0.1) is 0 Å². The summed E-state index contributed by atoms with van der Waals surface area (Å²) in [5.41, 5.74) is 4.64. The van der Waals surface area contributed by atoms with Crippen molar-refractivity contribution in [3.05, 3.63) is 70.8 Å². The second kappa shape index (κ2) is 6.97. The summed E-state index contributed by atoms with van der Waals surface area (Å²) in [7, 11) is 4.05. The van der Waals surface area contributed by atoms with Gasteiger partial charge in [0.05, 0.1) is 6.04 Å². The lowest BCUT2D eigenvalue weighted by Gasteiger charge is -2.23. The Balaban J connectivity index is 1.78. The van der Waals surface area contributed by atoms with Crippen LogP contribution in [-0.2, 0) is 12.8 Å². The molecule has 0 unspecified atom stereocenters. The summed E-state index contributed by atoms with van der Waals surface area (Å²) in [5.74, 6) is 0.00963. The number of hydrogen-bond donors (Lipinski definition) is 1. The lowest BCUT2D eigenvalue weighted by molar-refractivity contribution is 0.0930. The highest BCUT2D eigenvalue weighted by atomic mass is 16.1. The second-order valence-corrected chi connectivity index (χ2v) is 6.54. The fourth-order valence-electron chi connectivity index (χ4n) is 3.24. The predicted molar refractivity (Wildman–Crippen MR) is 93.7 cm³/mol. The Morgan fingerprint density at radius 1 is 1.09 bits per heavy atom. The summed E-state index contributed by atoms with van der Waals surface area (Å²) in [6.07, 6.45) is 3.44. The average molecular weight is 308 g/mol. The van der Waals surface area contributed by atoms with Crippen LogP contribution in [0, 0.1) is 0 Å². The standard InChI is InChI=1S/C20H24N2O/c1-22(2)14-19(16-7-4-3-5-8-16)21-20(23)18-12-11-15-9-6-10-17(15)13-18/h3-5,7-8,11-13,19H,6,9-10,14H2,1-2H3,(H,21,23)/t19-/m0/s1. The fraction of sp³-hybridized carbons (Fsp3) is 0.350. The number of likely N-dealkylation sites (N-methyl/N-ethyl adjacent to an activating group) is 1. The van der Waals surface area contributed by atoms with E-state index >= 15 is 0 Å². The van der Waals surface area contributed by atoms with E-state index in [0.717, 1.165) is 30.5 Å². The van der Waals surface area contributed by atoms with Gasteiger partial charge in [0.15, 0.2) is 0 Å². The lowest BCUT2D eigenvalue weighted by atomic mass is 10.0. The maximum atomic E-state index is 12.7. The number of nitrogens with zero attached hydrogens (tertiary/aromatic N) is 1. The molecule has 0 saturated heterocycles. The van der Waals surface area contributed by atoms with Crippen molar-refractivity contribution in [2.45, 2.75) is 25.3 Å². The zero-order valence-corrected chi connectivity index (χ0v) is 13.9. The summed E-state index contributed by atoms with van der Waals surface area (Å²) in [4.78, 5) is 14.8. The number of carbonyl (C=O) groups excluding carboxylic acids is 1. The number of aryl methyl sites for hydroxylation is 2. The molecule has 1 aliphatic rings. The molecule has 0 spiro atoms. The van der Waals surface area contributed by atoms with Crippen molar-refractivity contribution in [1.29, 1.82) is 0 Å². The van der Waals surface area contributed by atoms with Crippen LogP contribution in [0.1, 0.15) is 39.5 Å². The Bertz CT molecular complexity index is 679. The highest BCUT2D eigenvalue weighted by Gasteiger charge is 2.18. The molecule has 1 amide bonds. The van der Waals surface area contributed by atoms with E-state index in [-0.39, 0.29) is 11.9 Å². The molecule has 0 bridgehead atoms. The SMILES string of the molecule is CN(C)C[C@H](NC(=O)c1ccc2c(c1)CCC2)c1ccccc1. The highest BCUT2D eigenvalue weighted by molar-refractivity contribution is 5.94. The number of amides is 1. The van der Waals surface area contributed by atoms with Gasteiger partial charge < -0.3 is 10.2 Å². The monoisotopic (exact) mass is 308 g/mol. The second-order valence-electron chi connectivity index (χ2n) is 6.54. The smallest absolute Gasteiger partial charge is 0.251 e. The van der Waals surface area contributed by atoms with Crippen molar-refractivity contribution in [3.63, 3.8) is 0 Å². The molecule has 0 aliphatic heterocycles. The number of fused-ring (bicyclic) bond motifs is 1. The van der Waals surface area contributed by atoms with Gasteiger partial charge in [-0.05, 0) is 62.2 Å². The third-order valence-corrected chi connectivity index (χ3v) is 4.42. The molecule has 120 valence electrons. The molecular formula is C20H24N2O. The minimum Gasteiger partial charge on any atom is -0.344 e. The molecule has 0 fully saturated rings. The molecule has 3 heteroatoms. The van der Waals surface area contributed by atoms with Gasteiger partial charge in [0.25, 0.3) is 5.91 Å². The summed E-state index contributed by atoms with van der Waals surface area (Å²) in [5, 5.41) is 3.19. The minimum absolute atomic E-state index is 0.00745. The topological polar surface area (TPSA) is 32.3 Å². The van der Waals surface area contributed by atoms with Crippen LogP contribution in [0.25, 0.3) is 0 Å². The molecule has 0 heterocycles. The highest BCUT2D eigenvalue weighted by Crippen LogP contribution is 2.23. The Morgan fingerprint density at radius 3 is 2.57 bits per heavy atom. The number of nitrogens with one attached hydrogen (secondary N) is 1. The summed E-state index contributed by atoms with van der Waals surface area (Å²) in [6.45, 7) is 0.778. The van der Waals surface area contributed by atoms with Crippen LogP contribution in [0.2, 0.25) is 0 Å². The Kier molecular flexibility index (Phi) is 4.77. The third-order valence-electron chi connectivity index (χ3n) is 4.42. The van der Waals surface area contributed by atoms with Gasteiger partial charge in [-0.2, -0.15) is 0 Å². The van der Waals surface area contributed by atoms with E-state index in [2.05, 4.69) is 34.5 Å². The van der Waals surface area contributed by atoms with Gasteiger partial charge in [0, 0.05) is 12.1 Å². The molecule has 1 N–H and O–H groups in total. The van der Waals surface area contributed by atoms with Crippen LogP contribution < -0.4 is 5.32 Å². The molecule has 1 aliphatic carbocycles. The Hall–Kier alpha value is -2.13. The van der Waals surface area contributed by atoms with E-state index in [9.17, 15) is 4.79 Å². The average Bonchev–Trinajstić information content (AvgIpc) is 3.02. The van der Waals surface area contributed by atoms with Crippen molar-refractivity contribution in [2.75, 3.05) is 20.6 Å². The maximum absolute atomic E-state index is 12.7. The molecule has 23 heavy (non-hydrogen) atoms. The quantitative estimate of drug-likeness (QED) is 0.920. The number of carbonyl (C=O) groups is 1. The van der Waals surface area contributed by atoms with Gasteiger partial charge in [0.2, 0.25) is 0 Å². The zero-order valence-electron chi connectivity index (χ0n) is 13.9. The van der Waals surface area contributed by atoms with Crippen LogP contribution in [0.3, 0.4) is 0 Å². The van der Waals surface area contributed by atoms with Crippen LogP contribution in [-0.4, -0.2) is 31.4 Å². The molecular weight excluding hydrogens is 284 g/mol. The lowest BCUT2D eigenvalue weighted by Crippen LogP contribution is -2.35. The van der Waals surface area contributed by atoms with E-state index in [1.165, 1.54) is 17.5 Å². The van der Waals surface area contributed by atoms with Crippen molar-refractivity contribution in [3.8, 4) is 0 Å². The van der Waals surface area contributed by atoms with Gasteiger partial charge in [-0.25, -0.2) is 0 Å². The summed E-state index contributed by atoms with van der Waals surface area (Å²) >= 11 is 0. The van der Waals surface area contributed by atoms with Crippen LogP contribution in [0.4, 0.5) is 0 Å². The zero-order chi connectivity index (χ0) is 16.2. The molecule has 3 rings (SSSR count). The number of benzene rings is 2. The van der Waals surface area contributed by atoms with E-state index in [0.29, 0.717) is 0 Å². The first kappa shape index (κ1) is 15.8. The largest absolute Gasteiger partial charge is 0.344 e. The van der Waals surface area contributed by atoms with E-state index in [1.807, 2.05) is 38.4 Å². The molecule has 1 atom stereocenters. The number of rotatable bonds is 5. The minimum atomic E-state index is -0.00745. The fourth-order valence-corrected chi connectivity index (χ4v) is 3.24. The molecule has 0 aromatic heterocycles. The molecule has 0 saturated carbocycles. The normalized spacial score (nSPS) is 14.6. The van der Waals surface area contributed by atoms with E-state index in [1.54, 1.807) is 0 Å². The Labute approximate surface area is 138 Å². The van der Waals surface area contributed by atoms with Crippen LogP contribution in [0.15, 0.2) is 48.5 Å². The maximum Gasteiger partial charge on any atom is 0.251 e. The van der Waals surface area contributed by atoms with Crippen LogP contribution >= 0.6 is 0 Å². The van der Waals surface area contributed by atoms with Crippen molar-refractivity contribution in [1.82, 2.24) is 10.2 Å². The van der Waals surface area contributed by atoms with Crippen molar-refractivity contribution < 1.29 is 4.79 Å². The van der Waals surface area contributed by atoms with Gasteiger partial charge in [-0.1, -0.05) is 36.4 Å². The van der Waals surface area contributed by atoms with Crippen molar-refractivity contribution >= 4 is 5.91 Å². The number of hydrogen-bond acceptors (Lipinski definition) is 2. The summed E-state index contributed by atoms with van der Waals surface area (Å²) < 4.78 is 0. The Morgan fingerprint density at radius 2 is 1.83 bits per heavy atom. The van der Waals surface area contributed by atoms with Gasteiger partial charge >= 0.3 is 0 Å². The van der Waals surface area contributed by atoms with Gasteiger partial charge in [0.1, 0.15) is 0 Å². The first-order valence-corrected chi connectivity index (χ1v) is 8.26. The van der Waals surface area contributed by atoms with Gasteiger partial charge in [-0.3, -0.25) is 4.79 Å². The third kappa shape index (κ3) is 3.80. The first-order chi connectivity index (χ1) is 11.1. The molecule has 2 aromatic rings. The molecule has 0 radical (unpaired) electrons. The van der Waals surface area contributed by atoms with Crippen molar-refractivity contribution in [2.24, 2.45) is 0 Å². The molecule has 2 aromatic carbocycles.